The van der Waals surface area contributed by atoms with Crippen molar-refractivity contribution in [2.24, 2.45) is 0 Å². The molecule has 1 amide bonds. The maximum Gasteiger partial charge on any atom is 0.251 e. The van der Waals surface area contributed by atoms with Gasteiger partial charge in [0.05, 0.1) is 5.02 Å². The van der Waals surface area contributed by atoms with Gasteiger partial charge in [0.2, 0.25) is 10.0 Å². The molecule has 154 valence electrons. The van der Waals surface area contributed by atoms with E-state index in [9.17, 15) is 13.2 Å². The zero-order chi connectivity index (χ0) is 20.5. The van der Waals surface area contributed by atoms with Crippen molar-refractivity contribution in [2.45, 2.75) is 42.4 Å². The fourth-order valence-corrected chi connectivity index (χ4v) is 5.97. The van der Waals surface area contributed by atoms with E-state index in [4.69, 9.17) is 11.6 Å². The predicted octanol–water partition coefficient (Wildman–Crippen LogP) is 3.98. The second-order valence-corrected chi connectivity index (χ2v) is 10.3. The van der Waals surface area contributed by atoms with Gasteiger partial charge < -0.3 is 5.32 Å². The number of hydrogen-bond donors (Lipinski definition) is 1. The van der Waals surface area contributed by atoms with Crippen molar-refractivity contribution < 1.29 is 13.2 Å². The van der Waals surface area contributed by atoms with E-state index < -0.39 is 10.0 Å². The Morgan fingerprint density at radius 1 is 1.03 bits per heavy atom. The summed E-state index contributed by atoms with van der Waals surface area (Å²) in [7, 11) is -3.70. The topological polar surface area (TPSA) is 66.5 Å². The van der Waals surface area contributed by atoms with Gasteiger partial charge in [-0.05, 0) is 49.4 Å². The normalized spacial score (nSPS) is 18.9. The number of hydrogen-bond acceptors (Lipinski definition) is 3. The number of nitrogens with one attached hydrogen (secondary N) is 1. The van der Waals surface area contributed by atoms with E-state index in [1.165, 1.54) is 22.0 Å². The molecule has 0 radical (unpaired) electrons. The van der Waals surface area contributed by atoms with Crippen LogP contribution in [0.5, 0.6) is 0 Å². The van der Waals surface area contributed by atoms with Crippen LogP contribution in [0.4, 0.5) is 0 Å². The molecule has 2 fully saturated rings. The molecule has 0 bridgehead atoms. The standard InChI is InChI=1S/C22H25ClN2O3S/c23-19-10-9-17(15-20(19)29(27,28)25-13-5-2-6-14-25)21(26)24-16-22(11-12-22)18-7-3-1-4-8-18/h1,3-4,7-10,15H,2,5-6,11-14,16H2,(H,24,26). The number of halogens is 1. The monoisotopic (exact) mass is 432 g/mol. The predicted molar refractivity (Wildman–Crippen MR) is 114 cm³/mol. The van der Waals surface area contributed by atoms with Crippen molar-refractivity contribution in [1.82, 2.24) is 9.62 Å². The summed E-state index contributed by atoms with van der Waals surface area (Å²) in [4.78, 5) is 12.8. The maximum atomic E-state index is 13.0. The van der Waals surface area contributed by atoms with E-state index in [1.54, 1.807) is 6.07 Å². The Bertz CT molecular complexity index is 998. The molecule has 1 aliphatic carbocycles. The summed E-state index contributed by atoms with van der Waals surface area (Å²) < 4.78 is 27.5. The number of piperidine rings is 1. The number of amides is 1. The number of carbonyl (C=O) groups is 1. The molecule has 7 heteroatoms. The minimum Gasteiger partial charge on any atom is -0.351 e. The highest BCUT2D eigenvalue weighted by molar-refractivity contribution is 7.89. The van der Waals surface area contributed by atoms with Crippen LogP contribution in [0.1, 0.15) is 48.0 Å². The minimum absolute atomic E-state index is 0.00788. The minimum atomic E-state index is -3.70. The van der Waals surface area contributed by atoms with Gasteiger partial charge in [0.15, 0.2) is 0 Å². The van der Waals surface area contributed by atoms with Crippen molar-refractivity contribution in [2.75, 3.05) is 19.6 Å². The second-order valence-electron chi connectivity index (χ2n) is 7.94. The van der Waals surface area contributed by atoms with Crippen LogP contribution >= 0.6 is 11.6 Å². The molecule has 2 aromatic carbocycles. The van der Waals surface area contributed by atoms with E-state index in [1.807, 2.05) is 18.2 Å². The molecule has 5 nitrogen and oxygen atoms in total. The van der Waals surface area contributed by atoms with E-state index in [2.05, 4.69) is 17.4 Å². The van der Waals surface area contributed by atoms with Crippen molar-refractivity contribution in [3.63, 3.8) is 0 Å². The molecule has 1 saturated heterocycles. The maximum absolute atomic E-state index is 13.0. The number of carbonyl (C=O) groups excluding carboxylic acids is 1. The Kier molecular flexibility index (Phi) is 5.69. The zero-order valence-electron chi connectivity index (χ0n) is 16.2. The Labute approximate surface area is 177 Å². The SMILES string of the molecule is O=C(NCC1(c2ccccc2)CC1)c1ccc(Cl)c(S(=O)(=O)N2CCCCC2)c1. The van der Waals surface area contributed by atoms with E-state index in [-0.39, 0.29) is 21.2 Å². The molecule has 4 rings (SSSR count). The molecule has 2 aromatic rings. The Hall–Kier alpha value is -1.89. The molecular weight excluding hydrogens is 408 g/mol. The number of nitrogens with zero attached hydrogens (tertiary/aromatic N) is 1. The quantitative estimate of drug-likeness (QED) is 0.750. The third-order valence-corrected chi connectivity index (χ3v) is 8.33. The molecular formula is C22H25ClN2O3S. The summed E-state index contributed by atoms with van der Waals surface area (Å²) in [6.45, 7) is 1.52. The number of benzene rings is 2. The van der Waals surface area contributed by atoms with E-state index in [0.29, 0.717) is 25.2 Å². The van der Waals surface area contributed by atoms with Crippen LogP contribution in [-0.4, -0.2) is 38.3 Å². The van der Waals surface area contributed by atoms with Crippen LogP contribution in [-0.2, 0) is 15.4 Å². The summed E-state index contributed by atoms with van der Waals surface area (Å²) in [5.74, 6) is -0.279. The molecule has 0 atom stereocenters. The van der Waals surface area contributed by atoms with Crippen LogP contribution in [0, 0.1) is 0 Å². The van der Waals surface area contributed by atoms with Crippen LogP contribution in [0.15, 0.2) is 53.4 Å². The molecule has 0 aromatic heterocycles. The van der Waals surface area contributed by atoms with Gasteiger partial charge in [0.1, 0.15) is 4.90 Å². The van der Waals surface area contributed by atoms with Crippen molar-refractivity contribution in [3.05, 3.63) is 64.7 Å². The first-order valence-corrected chi connectivity index (χ1v) is 11.9. The summed E-state index contributed by atoms with van der Waals surface area (Å²) >= 11 is 6.21. The first kappa shape index (κ1) is 20.4. The average molecular weight is 433 g/mol. The molecule has 0 unspecified atom stereocenters. The van der Waals surface area contributed by atoms with Gasteiger partial charge in [-0.3, -0.25) is 4.79 Å². The Morgan fingerprint density at radius 2 is 1.72 bits per heavy atom. The zero-order valence-corrected chi connectivity index (χ0v) is 17.8. The van der Waals surface area contributed by atoms with Crippen LogP contribution in [0.3, 0.4) is 0 Å². The van der Waals surface area contributed by atoms with Gasteiger partial charge in [0.25, 0.3) is 5.91 Å². The van der Waals surface area contributed by atoms with Crippen LogP contribution in [0.2, 0.25) is 5.02 Å². The lowest BCUT2D eigenvalue weighted by Gasteiger charge is -2.26. The summed E-state index contributed by atoms with van der Waals surface area (Å²) in [5, 5.41) is 3.14. The highest BCUT2D eigenvalue weighted by atomic mass is 35.5. The van der Waals surface area contributed by atoms with E-state index in [0.717, 1.165) is 32.1 Å². The smallest absolute Gasteiger partial charge is 0.251 e. The summed E-state index contributed by atoms with van der Waals surface area (Å²) in [5.41, 5.74) is 1.53. The Balaban J connectivity index is 1.50. The fraction of sp³-hybridized carbons (Fsp3) is 0.409. The van der Waals surface area contributed by atoms with Crippen molar-refractivity contribution >= 4 is 27.5 Å². The average Bonchev–Trinajstić information content (AvgIpc) is 3.55. The van der Waals surface area contributed by atoms with Gasteiger partial charge in [-0.25, -0.2) is 8.42 Å². The van der Waals surface area contributed by atoms with Gasteiger partial charge >= 0.3 is 0 Å². The molecule has 1 heterocycles. The third-order valence-electron chi connectivity index (χ3n) is 5.95. The Morgan fingerprint density at radius 3 is 2.38 bits per heavy atom. The first-order valence-electron chi connectivity index (χ1n) is 10.1. The molecule has 29 heavy (non-hydrogen) atoms. The molecule has 1 aliphatic heterocycles. The number of rotatable bonds is 6. The largest absolute Gasteiger partial charge is 0.351 e. The summed E-state index contributed by atoms with van der Waals surface area (Å²) in [6, 6.07) is 14.7. The fourth-order valence-electron chi connectivity index (χ4n) is 3.95. The highest BCUT2D eigenvalue weighted by Crippen LogP contribution is 2.47. The van der Waals surface area contributed by atoms with Gasteiger partial charge in [-0.2, -0.15) is 4.31 Å². The summed E-state index contributed by atoms with van der Waals surface area (Å²) in [6.07, 6.45) is 4.79. The third kappa shape index (κ3) is 4.20. The van der Waals surface area contributed by atoms with Crippen LogP contribution < -0.4 is 5.32 Å². The van der Waals surface area contributed by atoms with E-state index >= 15 is 0 Å². The molecule has 1 saturated carbocycles. The van der Waals surface area contributed by atoms with Crippen LogP contribution in [0.25, 0.3) is 0 Å². The molecule has 1 N–H and O–H groups in total. The molecule has 2 aliphatic rings. The lowest BCUT2D eigenvalue weighted by molar-refractivity contribution is 0.0949. The second kappa shape index (κ2) is 8.09. The lowest BCUT2D eigenvalue weighted by Crippen LogP contribution is -2.36. The lowest BCUT2D eigenvalue weighted by atomic mass is 9.96. The van der Waals surface area contributed by atoms with Gasteiger partial charge in [-0.1, -0.05) is 48.4 Å². The molecule has 0 spiro atoms. The van der Waals surface area contributed by atoms with Gasteiger partial charge in [-0.15, -0.1) is 0 Å². The van der Waals surface area contributed by atoms with Gasteiger partial charge in [0, 0.05) is 30.6 Å². The highest BCUT2D eigenvalue weighted by Gasteiger charge is 2.44. The van der Waals surface area contributed by atoms with Crippen molar-refractivity contribution in [3.8, 4) is 0 Å². The first-order chi connectivity index (χ1) is 13.9. The van der Waals surface area contributed by atoms with Crippen molar-refractivity contribution in [1.29, 1.82) is 0 Å². The number of sulfonamides is 1.